The van der Waals surface area contributed by atoms with E-state index in [0.717, 1.165) is 0 Å². The maximum absolute atomic E-state index is 12.4. The minimum Gasteiger partial charge on any atom is -0.325 e. The fourth-order valence-electron chi connectivity index (χ4n) is 0.833. The Bertz CT molecular complexity index is 320. The van der Waals surface area contributed by atoms with Crippen molar-refractivity contribution >= 4 is 38.5 Å². The van der Waals surface area contributed by atoms with Gasteiger partial charge in [-0.1, -0.05) is 0 Å². The molecule has 0 aliphatic carbocycles. The molecular weight excluding hydrogens is 357 g/mol. The lowest BCUT2D eigenvalue weighted by Crippen LogP contribution is -2.03. The zero-order valence-electron chi connectivity index (χ0n) is 6.40. The van der Waals surface area contributed by atoms with Crippen molar-refractivity contribution in [1.82, 2.24) is 4.98 Å². The SMILES string of the molecule is NCc1cc(C(F)F)c(I)c(Br)n1. The van der Waals surface area contributed by atoms with Crippen LogP contribution in [0.5, 0.6) is 0 Å². The number of halogens is 4. The number of hydrogen-bond acceptors (Lipinski definition) is 2. The molecule has 0 radical (unpaired) electrons. The smallest absolute Gasteiger partial charge is 0.265 e. The highest BCUT2D eigenvalue weighted by molar-refractivity contribution is 14.1. The van der Waals surface area contributed by atoms with E-state index < -0.39 is 6.43 Å². The van der Waals surface area contributed by atoms with Crippen molar-refractivity contribution < 1.29 is 8.78 Å². The van der Waals surface area contributed by atoms with Crippen LogP contribution in [-0.4, -0.2) is 4.98 Å². The summed E-state index contributed by atoms with van der Waals surface area (Å²) in [7, 11) is 0. The zero-order valence-corrected chi connectivity index (χ0v) is 10.1. The first-order chi connectivity index (χ1) is 6.06. The van der Waals surface area contributed by atoms with Crippen molar-refractivity contribution in [3.05, 3.63) is 25.5 Å². The molecule has 2 nitrogen and oxygen atoms in total. The first kappa shape index (κ1) is 11.3. The second kappa shape index (κ2) is 4.61. The van der Waals surface area contributed by atoms with E-state index in [1.807, 2.05) is 22.6 Å². The Balaban J connectivity index is 3.25. The van der Waals surface area contributed by atoms with E-state index in [9.17, 15) is 8.78 Å². The highest BCUT2D eigenvalue weighted by Gasteiger charge is 2.15. The number of rotatable bonds is 2. The number of pyridine rings is 1. The summed E-state index contributed by atoms with van der Waals surface area (Å²) in [6.07, 6.45) is -2.49. The van der Waals surface area contributed by atoms with E-state index in [1.54, 1.807) is 0 Å². The average Bonchev–Trinajstić information content (AvgIpc) is 2.09. The third-order valence-corrected chi connectivity index (χ3v) is 3.89. The van der Waals surface area contributed by atoms with Gasteiger partial charge in [0.1, 0.15) is 4.60 Å². The molecule has 0 aliphatic heterocycles. The summed E-state index contributed by atoms with van der Waals surface area (Å²) in [6.45, 7) is 0.162. The molecule has 0 saturated carbocycles. The third-order valence-electron chi connectivity index (χ3n) is 1.44. The maximum atomic E-state index is 12.4. The van der Waals surface area contributed by atoms with Gasteiger partial charge in [-0.25, -0.2) is 13.8 Å². The molecule has 1 aromatic heterocycles. The van der Waals surface area contributed by atoms with Crippen LogP contribution in [0.1, 0.15) is 17.7 Å². The number of aromatic nitrogens is 1. The van der Waals surface area contributed by atoms with Crippen LogP contribution >= 0.6 is 38.5 Å². The van der Waals surface area contributed by atoms with E-state index in [1.165, 1.54) is 6.07 Å². The molecule has 0 unspecified atom stereocenters. The van der Waals surface area contributed by atoms with Crippen LogP contribution in [-0.2, 0) is 6.54 Å². The molecule has 0 atom stereocenters. The second-order valence-corrected chi connectivity index (χ2v) is 4.14. The van der Waals surface area contributed by atoms with Gasteiger partial charge in [-0.15, -0.1) is 0 Å². The zero-order chi connectivity index (χ0) is 10.0. The summed E-state index contributed by atoms with van der Waals surface area (Å²) in [6, 6.07) is 1.33. The Hall–Kier alpha value is 0.180. The molecule has 0 aromatic carbocycles. The van der Waals surface area contributed by atoms with Gasteiger partial charge in [0.25, 0.3) is 6.43 Å². The van der Waals surface area contributed by atoms with E-state index >= 15 is 0 Å². The van der Waals surface area contributed by atoms with Crippen LogP contribution in [0.4, 0.5) is 8.78 Å². The molecule has 6 heteroatoms. The molecule has 13 heavy (non-hydrogen) atoms. The van der Waals surface area contributed by atoms with E-state index in [0.29, 0.717) is 13.9 Å². The lowest BCUT2D eigenvalue weighted by atomic mass is 10.2. The van der Waals surface area contributed by atoms with E-state index in [-0.39, 0.29) is 12.1 Å². The Morgan fingerprint density at radius 2 is 2.23 bits per heavy atom. The van der Waals surface area contributed by atoms with Crippen LogP contribution in [0.25, 0.3) is 0 Å². The second-order valence-electron chi connectivity index (χ2n) is 2.31. The van der Waals surface area contributed by atoms with Crippen LogP contribution in [0.3, 0.4) is 0 Å². The third kappa shape index (κ3) is 2.57. The van der Waals surface area contributed by atoms with Crippen molar-refractivity contribution in [3.63, 3.8) is 0 Å². The summed E-state index contributed by atoms with van der Waals surface area (Å²) in [5, 5.41) is 0. The van der Waals surface area contributed by atoms with Crippen molar-refractivity contribution in [2.24, 2.45) is 5.73 Å². The van der Waals surface area contributed by atoms with Gasteiger partial charge in [0.2, 0.25) is 0 Å². The molecule has 0 amide bonds. The fourth-order valence-corrected chi connectivity index (χ4v) is 1.80. The maximum Gasteiger partial charge on any atom is 0.265 e. The first-order valence-electron chi connectivity index (χ1n) is 3.39. The number of alkyl halides is 2. The predicted molar refractivity (Wildman–Crippen MR) is 57.5 cm³/mol. The van der Waals surface area contributed by atoms with Gasteiger partial charge in [0.15, 0.2) is 0 Å². The molecule has 0 bridgehead atoms. The minimum absolute atomic E-state index is 0.0251. The fraction of sp³-hybridized carbons (Fsp3) is 0.286. The van der Waals surface area contributed by atoms with Crippen LogP contribution < -0.4 is 5.73 Å². The Kier molecular flexibility index (Phi) is 3.99. The van der Waals surface area contributed by atoms with Crippen molar-refractivity contribution in [3.8, 4) is 0 Å². The molecule has 1 heterocycles. The predicted octanol–water partition coefficient (Wildman–Crippen LogP) is 2.85. The largest absolute Gasteiger partial charge is 0.325 e. The summed E-state index contributed by atoms with van der Waals surface area (Å²) < 4.78 is 25.7. The molecule has 2 N–H and O–H groups in total. The van der Waals surface area contributed by atoms with Gasteiger partial charge >= 0.3 is 0 Å². The summed E-state index contributed by atoms with van der Waals surface area (Å²) >= 11 is 4.92. The first-order valence-corrected chi connectivity index (χ1v) is 5.26. The Labute approximate surface area is 96.2 Å². The molecule has 1 rings (SSSR count). The Morgan fingerprint density at radius 3 is 2.69 bits per heavy atom. The highest BCUT2D eigenvalue weighted by Crippen LogP contribution is 2.29. The van der Waals surface area contributed by atoms with Crippen LogP contribution in [0.15, 0.2) is 10.7 Å². The van der Waals surface area contributed by atoms with Gasteiger partial charge in [-0.05, 0) is 44.6 Å². The molecule has 72 valence electrons. The highest BCUT2D eigenvalue weighted by atomic mass is 127. The van der Waals surface area contributed by atoms with Crippen molar-refractivity contribution in [2.75, 3.05) is 0 Å². The van der Waals surface area contributed by atoms with Gasteiger partial charge in [0, 0.05) is 12.1 Å². The number of hydrogen-bond donors (Lipinski definition) is 1. The lowest BCUT2D eigenvalue weighted by Gasteiger charge is -2.06. The van der Waals surface area contributed by atoms with Gasteiger partial charge in [0.05, 0.1) is 9.26 Å². The normalized spacial score (nSPS) is 10.9. The monoisotopic (exact) mass is 362 g/mol. The molecule has 0 aliphatic rings. The molecule has 1 aromatic rings. The lowest BCUT2D eigenvalue weighted by molar-refractivity contribution is 0.150. The van der Waals surface area contributed by atoms with Gasteiger partial charge in [-0.3, -0.25) is 0 Å². The summed E-state index contributed by atoms with van der Waals surface area (Å²) in [5.74, 6) is 0. The summed E-state index contributed by atoms with van der Waals surface area (Å²) in [5.41, 5.74) is 5.74. The average molecular weight is 363 g/mol. The quantitative estimate of drug-likeness (QED) is 0.649. The molecule has 0 fully saturated rings. The van der Waals surface area contributed by atoms with E-state index in [2.05, 4.69) is 20.9 Å². The minimum atomic E-state index is -2.49. The molecule has 0 saturated heterocycles. The van der Waals surface area contributed by atoms with Crippen LogP contribution in [0.2, 0.25) is 0 Å². The van der Waals surface area contributed by atoms with Gasteiger partial charge in [-0.2, -0.15) is 0 Å². The van der Waals surface area contributed by atoms with Crippen LogP contribution in [0, 0.1) is 3.57 Å². The summed E-state index contributed by atoms with van der Waals surface area (Å²) in [4.78, 5) is 3.99. The Morgan fingerprint density at radius 1 is 1.62 bits per heavy atom. The topological polar surface area (TPSA) is 38.9 Å². The van der Waals surface area contributed by atoms with Gasteiger partial charge < -0.3 is 5.73 Å². The standard InChI is InChI=1S/C7H6BrF2IN2/c8-6-5(11)4(7(9)10)1-3(2-12)13-6/h1,7H,2,12H2. The van der Waals surface area contributed by atoms with Crippen molar-refractivity contribution in [2.45, 2.75) is 13.0 Å². The van der Waals surface area contributed by atoms with E-state index in [4.69, 9.17) is 5.73 Å². The molecule has 0 spiro atoms. The number of nitrogens with zero attached hydrogens (tertiary/aromatic N) is 1. The number of nitrogens with two attached hydrogens (primary N) is 1. The molecular formula is C7H6BrF2IN2. The van der Waals surface area contributed by atoms with Crippen molar-refractivity contribution in [1.29, 1.82) is 0 Å².